The first kappa shape index (κ1) is 15.9. The molecule has 5 nitrogen and oxygen atoms in total. The van der Waals surface area contributed by atoms with Gasteiger partial charge in [-0.25, -0.2) is 4.90 Å². The van der Waals surface area contributed by atoms with Gasteiger partial charge in [-0.05, 0) is 35.2 Å². The predicted molar refractivity (Wildman–Crippen MR) is 98.8 cm³/mol. The molecule has 1 aliphatic rings. The molecule has 0 spiro atoms. The third-order valence-corrected chi connectivity index (χ3v) is 4.42. The minimum absolute atomic E-state index is 0.0102. The Labute approximate surface area is 149 Å². The number of carbonyl (C=O) groups is 2. The van der Waals surface area contributed by atoms with Crippen LogP contribution in [0.5, 0.6) is 11.5 Å². The van der Waals surface area contributed by atoms with E-state index in [4.69, 9.17) is 0 Å². The fourth-order valence-corrected chi connectivity index (χ4v) is 3.17. The van der Waals surface area contributed by atoms with Gasteiger partial charge in [-0.3, -0.25) is 9.59 Å². The van der Waals surface area contributed by atoms with Gasteiger partial charge in [0.2, 0.25) is 5.91 Å². The van der Waals surface area contributed by atoms with E-state index in [1.54, 1.807) is 18.2 Å². The van der Waals surface area contributed by atoms with Crippen molar-refractivity contribution < 1.29 is 19.8 Å². The van der Waals surface area contributed by atoms with Crippen LogP contribution in [0.2, 0.25) is 0 Å². The van der Waals surface area contributed by atoms with E-state index in [2.05, 4.69) is 0 Å². The summed E-state index contributed by atoms with van der Waals surface area (Å²) < 4.78 is 0. The second-order valence-electron chi connectivity index (χ2n) is 6.13. The highest BCUT2D eigenvalue weighted by Gasteiger charge is 2.35. The minimum Gasteiger partial charge on any atom is -0.504 e. The largest absolute Gasteiger partial charge is 0.504 e. The number of nitrogens with zero attached hydrogens (tertiary/aromatic N) is 1. The van der Waals surface area contributed by atoms with Gasteiger partial charge in [-0.2, -0.15) is 0 Å². The van der Waals surface area contributed by atoms with Crippen molar-refractivity contribution in [3.63, 3.8) is 0 Å². The summed E-state index contributed by atoms with van der Waals surface area (Å²) in [6.07, 6.45) is 1.55. The molecule has 4 rings (SSSR count). The number of amides is 2. The van der Waals surface area contributed by atoms with Crippen molar-refractivity contribution in [3.05, 3.63) is 71.8 Å². The van der Waals surface area contributed by atoms with E-state index < -0.39 is 0 Å². The third kappa shape index (κ3) is 2.59. The lowest BCUT2D eigenvalue weighted by molar-refractivity contribution is -0.120. The van der Waals surface area contributed by atoms with Crippen LogP contribution in [0.25, 0.3) is 16.8 Å². The predicted octanol–water partition coefficient (Wildman–Crippen LogP) is 3.60. The number of phenolic OH excluding ortho intramolecular Hbond substituents is 2. The second kappa shape index (κ2) is 6.04. The average Bonchev–Trinajstić information content (AvgIpc) is 2.91. The number of benzene rings is 3. The molecule has 2 N–H and O–H groups in total. The van der Waals surface area contributed by atoms with Gasteiger partial charge in [0.05, 0.1) is 12.1 Å². The van der Waals surface area contributed by atoms with Crippen LogP contribution in [0.3, 0.4) is 0 Å². The van der Waals surface area contributed by atoms with Crippen LogP contribution in [0.4, 0.5) is 5.69 Å². The maximum absolute atomic E-state index is 12.8. The Morgan fingerprint density at radius 3 is 2.46 bits per heavy atom. The highest BCUT2D eigenvalue weighted by Crippen LogP contribution is 2.33. The summed E-state index contributed by atoms with van der Waals surface area (Å²) in [4.78, 5) is 26.6. The Hall–Kier alpha value is -3.60. The van der Waals surface area contributed by atoms with Crippen LogP contribution < -0.4 is 4.90 Å². The Kier molecular flexibility index (Phi) is 3.69. The number of hydrogen-bond donors (Lipinski definition) is 2. The standard InChI is InChI=1S/C21H15NO4/c23-18-9-8-13(11-19(18)24)10-15-12-20(25)22(21(15)26)17-7-3-5-14-4-1-2-6-16(14)17/h1-11,23-24H,12H2. The zero-order valence-corrected chi connectivity index (χ0v) is 13.7. The molecule has 3 aromatic rings. The number of anilines is 1. The highest BCUT2D eigenvalue weighted by atomic mass is 16.3. The van der Waals surface area contributed by atoms with Gasteiger partial charge in [0.25, 0.3) is 5.91 Å². The smallest absolute Gasteiger partial charge is 0.261 e. The van der Waals surface area contributed by atoms with Crippen molar-refractivity contribution in [2.24, 2.45) is 0 Å². The van der Waals surface area contributed by atoms with Crippen LogP contribution in [0, 0.1) is 0 Å². The molecule has 128 valence electrons. The maximum atomic E-state index is 12.8. The van der Waals surface area contributed by atoms with Crippen LogP contribution >= 0.6 is 0 Å². The van der Waals surface area contributed by atoms with Crippen molar-refractivity contribution in [2.75, 3.05) is 4.90 Å². The molecule has 0 bridgehead atoms. The Balaban J connectivity index is 1.75. The molecule has 0 aromatic heterocycles. The molecular formula is C21H15NO4. The Morgan fingerprint density at radius 2 is 1.65 bits per heavy atom. The molecule has 5 heteroatoms. The van der Waals surface area contributed by atoms with Crippen molar-refractivity contribution in [1.29, 1.82) is 0 Å². The van der Waals surface area contributed by atoms with E-state index in [-0.39, 0.29) is 29.7 Å². The minimum atomic E-state index is -0.376. The van der Waals surface area contributed by atoms with Crippen molar-refractivity contribution >= 4 is 34.4 Å². The lowest BCUT2D eigenvalue weighted by atomic mass is 10.1. The van der Waals surface area contributed by atoms with Crippen molar-refractivity contribution in [3.8, 4) is 11.5 Å². The molecule has 1 saturated heterocycles. The summed E-state index contributed by atoms with van der Waals surface area (Å²) in [7, 11) is 0. The molecule has 0 unspecified atom stereocenters. The number of imide groups is 1. The molecule has 2 amide bonds. The van der Waals surface area contributed by atoms with Gasteiger partial charge in [-0.15, -0.1) is 0 Å². The lowest BCUT2D eigenvalue weighted by Crippen LogP contribution is -2.29. The molecule has 1 fully saturated rings. The van der Waals surface area contributed by atoms with Gasteiger partial charge in [0.1, 0.15) is 0 Å². The summed E-state index contributed by atoms with van der Waals surface area (Å²) in [6.45, 7) is 0. The number of fused-ring (bicyclic) bond motifs is 1. The van der Waals surface area contributed by atoms with Crippen LogP contribution in [0.1, 0.15) is 12.0 Å². The topological polar surface area (TPSA) is 77.8 Å². The first-order chi connectivity index (χ1) is 12.5. The summed E-state index contributed by atoms with van der Waals surface area (Å²) in [5, 5.41) is 20.8. The third-order valence-electron chi connectivity index (χ3n) is 4.42. The first-order valence-electron chi connectivity index (χ1n) is 8.12. The SMILES string of the molecule is O=C1CC(=Cc2ccc(O)c(O)c2)C(=O)N1c1cccc2ccccc12. The van der Waals surface area contributed by atoms with E-state index in [1.165, 1.54) is 17.0 Å². The van der Waals surface area contributed by atoms with E-state index in [9.17, 15) is 19.8 Å². The van der Waals surface area contributed by atoms with Gasteiger partial charge >= 0.3 is 0 Å². The van der Waals surface area contributed by atoms with E-state index in [0.717, 1.165) is 10.8 Å². The fourth-order valence-electron chi connectivity index (χ4n) is 3.17. The fraction of sp³-hybridized carbons (Fsp3) is 0.0476. The zero-order valence-electron chi connectivity index (χ0n) is 13.7. The van der Waals surface area contributed by atoms with Crippen LogP contribution in [-0.2, 0) is 9.59 Å². The lowest BCUT2D eigenvalue weighted by Gasteiger charge is -2.16. The Bertz CT molecular complexity index is 1080. The summed E-state index contributed by atoms with van der Waals surface area (Å²) >= 11 is 0. The number of hydrogen-bond acceptors (Lipinski definition) is 4. The maximum Gasteiger partial charge on any atom is 0.261 e. The molecule has 0 radical (unpaired) electrons. The molecule has 0 saturated carbocycles. The van der Waals surface area contributed by atoms with E-state index >= 15 is 0 Å². The summed E-state index contributed by atoms with van der Waals surface area (Å²) in [5.74, 6) is -1.18. The molecular weight excluding hydrogens is 330 g/mol. The van der Waals surface area contributed by atoms with Crippen molar-refractivity contribution in [2.45, 2.75) is 6.42 Å². The first-order valence-corrected chi connectivity index (χ1v) is 8.12. The molecule has 1 aliphatic heterocycles. The quantitative estimate of drug-likeness (QED) is 0.423. The molecule has 3 aromatic carbocycles. The molecule has 0 atom stereocenters. The number of rotatable bonds is 2. The summed E-state index contributed by atoms with van der Waals surface area (Å²) in [5.41, 5.74) is 1.44. The monoisotopic (exact) mass is 345 g/mol. The summed E-state index contributed by atoms with van der Waals surface area (Å²) in [6, 6.07) is 17.3. The van der Waals surface area contributed by atoms with Gasteiger partial charge in [-0.1, -0.05) is 42.5 Å². The van der Waals surface area contributed by atoms with E-state index in [1.807, 2.05) is 36.4 Å². The molecule has 26 heavy (non-hydrogen) atoms. The van der Waals surface area contributed by atoms with Crippen LogP contribution in [0.15, 0.2) is 66.2 Å². The normalized spacial score (nSPS) is 16.0. The molecule has 0 aliphatic carbocycles. The highest BCUT2D eigenvalue weighted by molar-refractivity contribution is 6.31. The Morgan fingerprint density at radius 1 is 0.885 bits per heavy atom. The average molecular weight is 345 g/mol. The van der Waals surface area contributed by atoms with E-state index in [0.29, 0.717) is 16.8 Å². The van der Waals surface area contributed by atoms with Gasteiger partial charge < -0.3 is 10.2 Å². The number of aromatic hydroxyl groups is 2. The number of carbonyl (C=O) groups excluding carboxylic acids is 2. The van der Waals surface area contributed by atoms with Crippen molar-refractivity contribution in [1.82, 2.24) is 0 Å². The van der Waals surface area contributed by atoms with Gasteiger partial charge in [0, 0.05) is 11.0 Å². The van der Waals surface area contributed by atoms with Crippen LogP contribution in [-0.4, -0.2) is 22.0 Å². The molecule has 1 heterocycles. The second-order valence-corrected chi connectivity index (χ2v) is 6.13. The number of phenols is 2. The van der Waals surface area contributed by atoms with Gasteiger partial charge in [0.15, 0.2) is 11.5 Å². The zero-order chi connectivity index (χ0) is 18.3.